The summed E-state index contributed by atoms with van der Waals surface area (Å²) in [6.07, 6.45) is 0.765. The molecule has 116 valence electrons. The first-order valence-corrected chi connectivity index (χ1v) is 7.15. The Morgan fingerprint density at radius 3 is 2.55 bits per heavy atom. The Balaban J connectivity index is 1.71. The maximum absolute atomic E-state index is 11.9. The SMILES string of the molecule is Cc1cc(C(=O)NCC(=O)NCCc2ccccc2)n(C)n1. The average molecular weight is 300 g/mol. The first kappa shape index (κ1) is 15.8. The zero-order valence-corrected chi connectivity index (χ0v) is 12.8. The molecule has 1 heterocycles. The zero-order valence-electron chi connectivity index (χ0n) is 12.8. The smallest absolute Gasteiger partial charge is 0.269 e. The van der Waals surface area contributed by atoms with E-state index in [0.29, 0.717) is 12.2 Å². The molecular weight excluding hydrogens is 280 g/mol. The number of carbonyl (C=O) groups excluding carboxylic acids is 2. The van der Waals surface area contributed by atoms with Crippen LogP contribution in [0.25, 0.3) is 0 Å². The Bertz CT molecular complexity index is 649. The van der Waals surface area contributed by atoms with Crippen molar-refractivity contribution >= 4 is 11.8 Å². The highest BCUT2D eigenvalue weighted by atomic mass is 16.2. The van der Waals surface area contributed by atoms with Crippen LogP contribution in [-0.4, -0.2) is 34.7 Å². The van der Waals surface area contributed by atoms with Gasteiger partial charge in [-0.3, -0.25) is 14.3 Å². The van der Waals surface area contributed by atoms with Gasteiger partial charge in [-0.25, -0.2) is 0 Å². The van der Waals surface area contributed by atoms with Crippen LogP contribution in [0.5, 0.6) is 0 Å². The van der Waals surface area contributed by atoms with Crippen LogP contribution in [0, 0.1) is 6.92 Å². The fourth-order valence-corrected chi connectivity index (χ4v) is 2.13. The summed E-state index contributed by atoms with van der Waals surface area (Å²) in [4.78, 5) is 23.6. The van der Waals surface area contributed by atoms with Crippen molar-refractivity contribution < 1.29 is 9.59 Å². The van der Waals surface area contributed by atoms with Crippen LogP contribution < -0.4 is 10.6 Å². The van der Waals surface area contributed by atoms with Crippen molar-refractivity contribution in [2.75, 3.05) is 13.1 Å². The fourth-order valence-electron chi connectivity index (χ4n) is 2.13. The molecule has 2 rings (SSSR count). The van der Waals surface area contributed by atoms with Crippen molar-refractivity contribution in [2.24, 2.45) is 7.05 Å². The van der Waals surface area contributed by atoms with Gasteiger partial charge in [0.05, 0.1) is 12.2 Å². The molecule has 0 spiro atoms. The molecule has 0 bridgehead atoms. The number of nitrogens with zero attached hydrogens (tertiary/aromatic N) is 2. The van der Waals surface area contributed by atoms with Crippen LogP contribution in [0.4, 0.5) is 0 Å². The lowest BCUT2D eigenvalue weighted by Crippen LogP contribution is -2.38. The first-order valence-electron chi connectivity index (χ1n) is 7.15. The summed E-state index contributed by atoms with van der Waals surface area (Å²) in [5.41, 5.74) is 2.37. The summed E-state index contributed by atoms with van der Waals surface area (Å²) in [7, 11) is 1.70. The number of nitrogens with one attached hydrogen (secondary N) is 2. The molecule has 2 N–H and O–H groups in total. The number of carbonyl (C=O) groups is 2. The highest BCUT2D eigenvalue weighted by Crippen LogP contribution is 2.01. The van der Waals surface area contributed by atoms with Crippen molar-refractivity contribution in [3.8, 4) is 0 Å². The quantitative estimate of drug-likeness (QED) is 0.829. The maximum atomic E-state index is 11.9. The van der Waals surface area contributed by atoms with Gasteiger partial charge in [0.15, 0.2) is 0 Å². The Morgan fingerprint density at radius 1 is 1.18 bits per heavy atom. The number of benzene rings is 1. The second-order valence-corrected chi connectivity index (χ2v) is 5.06. The molecule has 22 heavy (non-hydrogen) atoms. The van der Waals surface area contributed by atoms with E-state index in [0.717, 1.165) is 17.7 Å². The normalized spacial score (nSPS) is 10.3. The van der Waals surface area contributed by atoms with Crippen molar-refractivity contribution in [1.82, 2.24) is 20.4 Å². The molecule has 2 aromatic rings. The number of hydrogen-bond acceptors (Lipinski definition) is 3. The topological polar surface area (TPSA) is 76.0 Å². The van der Waals surface area contributed by atoms with E-state index >= 15 is 0 Å². The predicted molar refractivity (Wildman–Crippen MR) is 83.4 cm³/mol. The molecule has 0 aliphatic rings. The van der Waals surface area contributed by atoms with Crippen LogP contribution in [0.15, 0.2) is 36.4 Å². The van der Waals surface area contributed by atoms with Gasteiger partial charge in [0.25, 0.3) is 5.91 Å². The van der Waals surface area contributed by atoms with Crippen LogP contribution >= 0.6 is 0 Å². The lowest BCUT2D eigenvalue weighted by Gasteiger charge is -2.07. The third kappa shape index (κ3) is 4.44. The first-order chi connectivity index (χ1) is 10.6. The Labute approximate surface area is 129 Å². The third-order valence-electron chi connectivity index (χ3n) is 3.22. The molecule has 0 aliphatic carbocycles. The van der Waals surface area contributed by atoms with E-state index in [4.69, 9.17) is 0 Å². The molecule has 6 heteroatoms. The molecule has 0 atom stereocenters. The molecule has 1 aromatic heterocycles. The Hall–Kier alpha value is -2.63. The molecular formula is C16H20N4O2. The molecule has 0 radical (unpaired) electrons. The Kier molecular flexibility index (Phi) is 5.30. The maximum Gasteiger partial charge on any atom is 0.269 e. The van der Waals surface area contributed by atoms with Crippen LogP contribution in [0.2, 0.25) is 0 Å². The van der Waals surface area contributed by atoms with Gasteiger partial charge >= 0.3 is 0 Å². The lowest BCUT2D eigenvalue weighted by molar-refractivity contribution is -0.120. The minimum absolute atomic E-state index is 0.0438. The molecule has 0 aliphatic heterocycles. The summed E-state index contributed by atoms with van der Waals surface area (Å²) in [6.45, 7) is 2.31. The molecule has 0 unspecified atom stereocenters. The number of amides is 2. The number of rotatable bonds is 6. The standard InChI is InChI=1S/C16H20N4O2/c1-12-10-14(20(2)19-12)16(22)18-11-15(21)17-9-8-13-6-4-3-5-7-13/h3-7,10H,8-9,11H2,1-2H3,(H,17,21)(H,18,22). The van der Waals surface area contributed by atoms with Crippen molar-refractivity contribution in [2.45, 2.75) is 13.3 Å². The van der Waals surface area contributed by atoms with E-state index in [-0.39, 0.29) is 18.4 Å². The molecule has 0 saturated carbocycles. The number of aromatic nitrogens is 2. The van der Waals surface area contributed by atoms with E-state index in [1.165, 1.54) is 4.68 Å². The summed E-state index contributed by atoms with van der Waals surface area (Å²) >= 11 is 0. The van der Waals surface area contributed by atoms with Gasteiger partial charge in [-0.2, -0.15) is 5.10 Å². The molecule has 6 nitrogen and oxygen atoms in total. The fraction of sp³-hybridized carbons (Fsp3) is 0.312. The van der Waals surface area contributed by atoms with Crippen LogP contribution in [-0.2, 0) is 18.3 Å². The average Bonchev–Trinajstić information content (AvgIpc) is 2.84. The van der Waals surface area contributed by atoms with E-state index in [1.807, 2.05) is 37.3 Å². The van der Waals surface area contributed by atoms with Gasteiger partial charge in [-0.15, -0.1) is 0 Å². The summed E-state index contributed by atoms with van der Waals surface area (Å²) in [5.74, 6) is -0.510. The molecule has 1 aromatic carbocycles. The van der Waals surface area contributed by atoms with Gasteiger partial charge in [0, 0.05) is 13.6 Å². The van der Waals surface area contributed by atoms with Crippen molar-refractivity contribution in [3.63, 3.8) is 0 Å². The highest BCUT2D eigenvalue weighted by Gasteiger charge is 2.12. The van der Waals surface area contributed by atoms with E-state index < -0.39 is 0 Å². The van der Waals surface area contributed by atoms with Gasteiger partial charge in [0.2, 0.25) is 5.91 Å². The molecule has 2 amide bonds. The zero-order chi connectivity index (χ0) is 15.9. The second kappa shape index (κ2) is 7.40. The van der Waals surface area contributed by atoms with Gasteiger partial charge < -0.3 is 10.6 Å². The van der Waals surface area contributed by atoms with E-state index in [9.17, 15) is 9.59 Å². The monoisotopic (exact) mass is 300 g/mol. The van der Waals surface area contributed by atoms with E-state index in [2.05, 4.69) is 15.7 Å². The molecule has 0 fully saturated rings. The highest BCUT2D eigenvalue weighted by molar-refractivity contribution is 5.95. The van der Waals surface area contributed by atoms with Gasteiger partial charge in [-0.1, -0.05) is 30.3 Å². The Morgan fingerprint density at radius 2 is 1.91 bits per heavy atom. The second-order valence-electron chi connectivity index (χ2n) is 5.06. The minimum Gasteiger partial charge on any atom is -0.354 e. The number of aryl methyl sites for hydroxylation is 2. The summed E-state index contributed by atoms with van der Waals surface area (Å²) in [5, 5.41) is 9.47. The predicted octanol–water partition coefficient (Wildman–Crippen LogP) is 0.817. The molecule has 0 saturated heterocycles. The summed E-state index contributed by atoms with van der Waals surface area (Å²) in [6, 6.07) is 11.6. The largest absolute Gasteiger partial charge is 0.354 e. The van der Waals surface area contributed by atoms with Crippen molar-refractivity contribution in [3.05, 3.63) is 53.3 Å². The number of hydrogen-bond donors (Lipinski definition) is 2. The minimum atomic E-state index is -0.304. The van der Waals surface area contributed by atoms with Gasteiger partial charge in [-0.05, 0) is 25.0 Å². The van der Waals surface area contributed by atoms with Gasteiger partial charge in [0.1, 0.15) is 5.69 Å². The van der Waals surface area contributed by atoms with Crippen LogP contribution in [0.3, 0.4) is 0 Å². The lowest BCUT2D eigenvalue weighted by atomic mass is 10.1. The summed E-state index contributed by atoms with van der Waals surface area (Å²) < 4.78 is 1.50. The third-order valence-corrected chi connectivity index (χ3v) is 3.22. The van der Waals surface area contributed by atoms with Crippen LogP contribution in [0.1, 0.15) is 21.7 Å². The van der Waals surface area contributed by atoms with Crippen molar-refractivity contribution in [1.29, 1.82) is 0 Å². The van der Waals surface area contributed by atoms with E-state index in [1.54, 1.807) is 13.1 Å².